The van der Waals surface area contributed by atoms with Crippen LogP contribution in [0.5, 0.6) is 5.75 Å². The first-order valence-corrected chi connectivity index (χ1v) is 6.93. The Balaban J connectivity index is 2.40. The van der Waals surface area contributed by atoms with Crippen molar-refractivity contribution in [2.75, 3.05) is 13.7 Å². The normalized spacial score (nSPS) is 13.6. The highest BCUT2D eigenvalue weighted by Gasteiger charge is 2.10. The zero-order chi connectivity index (χ0) is 14.3. The molecule has 0 aliphatic rings. The Bertz CT molecular complexity index is 478. The average molecular weight is 288 g/mol. The lowest BCUT2D eigenvalue weighted by Crippen LogP contribution is -2.23. The first-order chi connectivity index (χ1) is 8.93. The van der Waals surface area contributed by atoms with E-state index in [1.165, 1.54) is 0 Å². The fourth-order valence-electron chi connectivity index (χ4n) is 1.25. The molecule has 0 fully saturated rings. The van der Waals surface area contributed by atoms with Gasteiger partial charge in [-0.3, -0.25) is 9.36 Å². The molecule has 8 heteroatoms. The molecule has 0 aliphatic carbocycles. The molecule has 1 N–H and O–H groups in total. The summed E-state index contributed by atoms with van der Waals surface area (Å²) in [6.07, 6.45) is 0.368. The summed E-state index contributed by atoms with van der Waals surface area (Å²) in [5.41, 5.74) is 2.55. The molecule has 1 atom stereocenters. The van der Waals surface area contributed by atoms with Crippen molar-refractivity contribution in [3.63, 3.8) is 0 Å². The number of carbonyl (C=O) groups excluding carboxylic acids is 1. The van der Waals surface area contributed by atoms with Gasteiger partial charge in [-0.1, -0.05) is 12.1 Å². The maximum atomic E-state index is 11.2. The van der Waals surface area contributed by atoms with E-state index in [1.54, 1.807) is 30.8 Å². The Hall–Kier alpha value is -1.40. The van der Waals surface area contributed by atoms with Crippen LogP contribution in [0.15, 0.2) is 24.3 Å². The molecule has 1 aromatic rings. The SMILES string of the molecule is COc1cccc(CCOP(=O)([O-])ONC(C)=O)c1. The zero-order valence-electron chi connectivity index (χ0n) is 10.6. The standard InChI is InChI=1S/C11H16NO6P/c1-9(13)12-18-19(14,15)17-7-6-10-4-3-5-11(8-10)16-2/h3-5,8H,6-7H2,1-2H3,(H,12,13)(H,14,15)/p-1. The quantitative estimate of drug-likeness (QED) is 0.588. The molecule has 1 rings (SSSR count). The maximum absolute atomic E-state index is 11.2. The van der Waals surface area contributed by atoms with Crippen molar-refractivity contribution in [3.05, 3.63) is 29.8 Å². The van der Waals surface area contributed by atoms with Crippen molar-refractivity contribution in [2.24, 2.45) is 0 Å². The summed E-state index contributed by atoms with van der Waals surface area (Å²) in [7, 11) is -2.97. The highest BCUT2D eigenvalue weighted by molar-refractivity contribution is 7.45. The van der Waals surface area contributed by atoms with Crippen molar-refractivity contribution in [3.8, 4) is 5.75 Å². The van der Waals surface area contributed by atoms with Gasteiger partial charge in [0, 0.05) is 6.92 Å². The highest BCUT2D eigenvalue weighted by Crippen LogP contribution is 2.36. The van der Waals surface area contributed by atoms with E-state index in [0.29, 0.717) is 12.2 Å². The van der Waals surface area contributed by atoms with Crippen LogP contribution in [-0.4, -0.2) is 19.6 Å². The van der Waals surface area contributed by atoms with Gasteiger partial charge in [0.1, 0.15) is 5.75 Å². The summed E-state index contributed by atoms with van der Waals surface area (Å²) < 4.78 is 24.9. The molecule has 0 aromatic heterocycles. The smallest absolute Gasteiger partial charge is 0.290 e. The summed E-state index contributed by atoms with van der Waals surface area (Å²) in [4.78, 5) is 21.7. The third-order valence-corrected chi connectivity index (χ3v) is 2.89. The summed E-state index contributed by atoms with van der Waals surface area (Å²) in [6.45, 7) is 1.03. The molecule has 1 aromatic carbocycles. The second-order valence-electron chi connectivity index (χ2n) is 3.63. The van der Waals surface area contributed by atoms with Crippen LogP contribution in [-0.2, 0) is 24.9 Å². The van der Waals surface area contributed by atoms with Gasteiger partial charge in [0.25, 0.3) is 7.82 Å². The number of phosphoric acid groups is 1. The number of ether oxygens (including phenoxy) is 1. The molecule has 1 unspecified atom stereocenters. The van der Waals surface area contributed by atoms with Crippen molar-refractivity contribution >= 4 is 13.7 Å². The summed E-state index contributed by atoms with van der Waals surface area (Å²) in [5.74, 6) is 0.0461. The molecule has 1 amide bonds. The molecule has 19 heavy (non-hydrogen) atoms. The van der Waals surface area contributed by atoms with E-state index in [4.69, 9.17) is 4.74 Å². The molecular formula is C11H15NO6P-. The lowest BCUT2D eigenvalue weighted by Gasteiger charge is -2.21. The highest BCUT2D eigenvalue weighted by atomic mass is 31.2. The number of hydroxylamine groups is 1. The fourth-order valence-corrected chi connectivity index (χ4v) is 1.86. The van der Waals surface area contributed by atoms with Gasteiger partial charge in [0.15, 0.2) is 0 Å². The third kappa shape index (κ3) is 6.35. The lowest BCUT2D eigenvalue weighted by atomic mass is 10.1. The summed E-state index contributed by atoms with van der Waals surface area (Å²) in [5, 5.41) is 0. The fraction of sp³-hybridized carbons (Fsp3) is 0.364. The molecular weight excluding hydrogens is 273 g/mol. The van der Waals surface area contributed by atoms with Gasteiger partial charge in [-0.2, -0.15) is 0 Å². The first kappa shape index (κ1) is 15.7. The van der Waals surface area contributed by atoms with Crippen LogP contribution in [0.2, 0.25) is 0 Å². The minimum atomic E-state index is -4.52. The van der Waals surface area contributed by atoms with Crippen LogP contribution in [0.3, 0.4) is 0 Å². The van der Waals surface area contributed by atoms with E-state index < -0.39 is 13.7 Å². The number of hydrogen-bond donors (Lipinski definition) is 1. The second-order valence-corrected chi connectivity index (χ2v) is 4.97. The van der Waals surface area contributed by atoms with Crippen molar-refractivity contribution in [1.29, 1.82) is 0 Å². The number of benzene rings is 1. The number of rotatable bonds is 7. The van der Waals surface area contributed by atoms with E-state index in [2.05, 4.69) is 9.15 Å². The number of phosphoric ester groups is 1. The van der Waals surface area contributed by atoms with Crippen LogP contribution in [0.4, 0.5) is 0 Å². The van der Waals surface area contributed by atoms with Gasteiger partial charge in [-0.25, -0.2) is 10.1 Å². The van der Waals surface area contributed by atoms with Gasteiger partial charge < -0.3 is 14.2 Å². The first-order valence-electron chi connectivity index (χ1n) is 5.46. The second kappa shape index (κ2) is 7.25. The van der Waals surface area contributed by atoms with Crippen LogP contribution in [0.1, 0.15) is 12.5 Å². The van der Waals surface area contributed by atoms with E-state index in [-0.39, 0.29) is 6.61 Å². The summed E-state index contributed by atoms with van der Waals surface area (Å²) >= 11 is 0. The average Bonchev–Trinajstić information content (AvgIpc) is 2.37. The monoisotopic (exact) mass is 288 g/mol. The Morgan fingerprint density at radius 3 is 2.84 bits per heavy atom. The van der Waals surface area contributed by atoms with Gasteiger partial charge in [0.05, 0.1) is 13.7 Å². The predicted molar refractivity (Wildman–Crippen MR) is 65.2 cm³/mol. The molecule has 0 saturated heterocycles. The van der Waals surface area contributed by atoms with Crippen LogP contribution in [0.25, 0.3) is 0 Å². The van der Waals surface area contributed by atoms with Gasteiger partial charge in [-0.15, -0.1) is 0 Å². The Kier molecular flexibility index (Phi) is 5.98. The molecule has 0 radical (unpaired) electrons. The van der Waals surface area contributed by atoms with Gasteiger partial charge in [-0.05, 0) is 24.1 Å². The molecule has 106 valence electrons. The number of nitrogens with one attached hydrogen (secondary N) is 1. The Morgan fingerprint density at radius 2 is 2.21 bits per heavy atom. The molecule has 0 bridgehead atoms. The summed E-state index contributed by atoms with van der Waals surface area (Å²) in [6, 6.07) is 7.16. The van der Waals surface area contributed by atoms with Crippen molar-refractivity contribution < 1.29 is 28.1 Å². The van der Waals surface area contributed by atoms with Gasteiger partial charge >= 0.3 is 0 Å². The van der Waals surface area contributed by atoms with E-state index in [9.17, 15) is 14.3 Å². The Labute approximate surface area is 111 Å². The molecule has 0 saturated carbocycles. The van der Waals surface area contributed by atoms with E-state index in [0.717, 1.165) is 12.5 Å². The topological polar surface area (TPSA) is 96.9 Å². The minimum Gasteiger partial charge on any atom is -0.755 e. The van der Waals surface area contributed by atoms with Gasteiger partial charge in [0.2, 0.25) is 5.91 Å². The number of carbonyl (C=O) groups is 1. The van der Waals surface area contributed by atoms with Crippen LogP contribution < -0.4 is 15.1 Å². The minimum absolute atomic E-state index is 0.0898. The zero-order valence-corrected chi connectivity index (χ0v) is 11.5. The van der Waals surface area contributed by atoms with E-state index >= 15 is 0 Å². The molecule has 0 spiro atoms. The maximum Gasteiger partial charge on any atom is 0.290 e. The van der Waals surface area contributed by atoms with Crippen molar-refractivity contribution in [1.82, 2.24) is 5.48 Å². The lowest BCUT2D eigenvalue weighted by molar-refractivity contribution is -0.231. The predicted octanol–water partition coefficient (Wildman–Crippen LogP) is 0.790. The Morgan fingerprint density at radius 1 is 1.47 bits per heavy atom. The largest absolute Gasteiger partial charge is 0.755 e. The molecule has 0 aliphatic heterocycles. The van der Waals surface area contributed by atoms with E-state index in [1.807, 2.05) is 6.07 Å². The third-order valence-electron chi connectivity index (χ3n) is 2.08. The number of amides is 1. The van der Waals surface area contributed by atoms with Crippen molar-refractivity contribution in [2.45, 2.75) is 13.3 Å². The number of hydrogen-bond acceptors (Lipinski definition) is 6. The molecule has 7 nitrogen and oxygen atoms in total. The molecule has 0 heterocycles. The van der Waals surface area contributed by atoms with Crippen LogP contribution in [0, 0.1) is 0 Å². The van der Waals surface area contributed by atoms with Crippen LogP contribution >= 0.6 is 7.82 Å². The number of methoxy groups -OCH3 is 1.